The van der Waals surface area contributed by atoms with Crippen LogP contribution in [-0.2, 0) is 16.0 Å². The number of nitrogens with one attached hydrogen (secondary N) is 1. The molecule has 0 amide bonds. The van der Waals surface area contributed by atoms with Crippen molar-refractivity contribution < 1.29 is 9.53 Å². The van der Waals surface area contributed by atoms with Gasteiger partial charge in [0, 0.05) is 5.38 Å². The van der Waals surface area contributed by atoms with Gasteiger partial charge in [0.05, 0.1) is 30.5 Å². The number of H-pyrrole nitrogens is 1. The van der Waals surface area contributed by atoms with E-state index in [0.29, 0.717) is 18.1 Å². The number of hydrogen-bond acceptors (Lipinski definition) is 6. The number of ether oxygens (including phenoxy) is 1. The molecular weight excluding hydrogens is 240 g/mol. The molecule has 0 aliphatic heterocycles. The van der Waals surface area contributed by atoms with Crippen LogP contribution in [0.2, 0.25) is 0 Å². The van der Waals surface area contributed by atoms with Crippen molar-refractivity contribution in [3.05, 3.63) is 17.3 Å². The molecule has 0 unspecified atom stereocenters. The number of hydrogen-bond donors (Lipinski definition) is 2. The maximum atomic E-state index is 11.3. The van der Waals surface area contributed by atoms with E-state index < -0.39 is 0 Å². The molecule has 3 N–H and O–H groups in total. The summed E-state index contributed by atoms with van der Waals surface area (Å²) < 4.78 is 4.85. The zero-order chi connectivity index (χ0) is 12.3. The molecule has 90 valence electrons. The molecule has 2 aromatic rings. The smallest absolute Gasteiger partial charge is 0.311 e. The van der Waals surface area contributed by atoms with E-state index >= 15 is 0 Å². The Balaban J connectivity index is 2.11. The fraction of sp³-hybridized carbons (Fsp3) is 0.300. The van der Waals surface area contributed by atoms with E-state index in [1.165, 1.54) is 11.3 Å². The minimum atomic E-state index is -0.274. The van der Waals surface area contributed by atoms with Crippen molar-refractivity contribution in [1.29, 1.82) is 0 Å². The molecule has 6 nitrogen and oxygen atoms in total. The highest BCUT2D eigenvalue weighted by atomic mass is 32.1. The molecule has 0 radical (unpaired) electrons. The number of esters is 1. The van der Waals surface area contributed by atoms with E-state index in [4.69, 9.17) is 10.5 Å². The third-order valence-corrected chi connectivity index (χ3v) is 3.01. The van der Waals surface area contributed by atoms with E-state index in [9.17, 15) is 4.79 Å². The summed E-state index contributed by atoms with van der Waals surface area (Å²) in [6.07, 6.45) is 1.80. The highest BCUT2D eigenvalue weighted by Gasteiger charge is 2.12. The quantitative estimate of drug-likeness (QED) is 0.798. The first-order chi connectivity index (χ1) is 8.20. The fourth-order valence-electron chi connectivity index (χ4n) is 1.34. The average molecular weight is 252 g/mol. The summed E-state index contributed by atoms with van der Waals surface area (Å²) in [6.45, 7) is 2.15. The van der Waals surface area contributed by atoms with Crippen LogP contribution in [0.4, 0.5) is 5.82 Å². The van der Waals surface area contributed by atoms with Crippen molar-refractivity contribution in [1.82, 2.24) is 15.2 Å². The van der Waals surface area contributed by atoms with Crippen LogP contribution in [0, 0.1) is 0 Å². The maximum absolute atomic E-state index is 11.3. The lowest BCUT2D eigenvalue weighted by Crippen LogP contribution is -2.07. The van der Waals surface area contributed by atoms with Gasteiger partial charge in [-0.2, -0.15) is 5.10 Å². The lowest BCUT2D eigenvalue weighted by molar-refractivity contribution is -0.142. The highest BCUT2D eigenvalue weighted by Crippen LogP contribution is 2.27. The van der Waals surface area contributed by atoms with Crippen LogP contribution in [0.5, 0.6) is 0 Å². The summed E-state index contributed by atoms with van der Waals surface area (Å²) in [5.41, 5.74) is 7.13. The maximum Gasteiger partial charge on any atom is 0.311 e. The van der Waals surface area contributed by atoms with Crippen LogP contribution < -0.4 is 5.73 Å². The van der Waals surface area contributed by atoms with Gasteiger partial charge in [0.1, 0.15) is 10.8 Å². The summed E-state index contributed by atoms with van der Waals surface area (Å²) >= 11 is 1.42. The Morgan fingerprint density at radius 3 is 3.12 bits per heavy atom. The van der Waals surface area contributed by atoms with Gasteiger partial charge in [-0.1, -0.05) is 0 Å². The first-order valence-electron chi connectivity index (χ1n) is 5.10. The molecule has 0 aromatic carbocycles. The molecule has 0 atom stereocenters. The number of carbonyl (C=O) groups is 1. The number of nitrogen functional groups attached to an aromatic ring is 1. The van der Waals surface area contributed by atoms with Gasteiger partial charge in [-0.05, 0) is 6.92 Å². The first kappa shape index (κ1) is 11.6. The lowest BCUT2D eigenvalue weighted by Gasteiger charge is -1.98. The molecule has 0 bridgehead atoms. The molecule has 0 spiro atoms. The number of carbonyl (C=O) groups excluding carboxylic acids is 1. The number of nitrogens with zero attached hydrogens (tertiary/aromatic N) is 2. The first-order valence-corrected chi connectivity index (χ1v) is 5.98. The van der Waals surface area contributed by atoms with Crippen molar-refractivity contribution in [3.8, 4) is 10.6 Å². The Morgan fingerprint density at radius 1 is 1.65 bits per heavy atom. The number of aromatic nitrogens is 3. The minimum Gasteiger partial charge on any atom is -0.466 e. The standard InChI is InChI=1S/C10H12N4O2S/c1-2-16-8(15)3-6-5-17-10(13-6)7-4-12-14-9(7)11/h4-5H,2-3H2,1H3,(H3,11,12,14). The third kappa shape index (κ3) is 2.62. The number of nitrogens with two attached hydrogens (primary N) is 1. The summed E-state index contributed by atoms with van der Waals surface area (Å²) in [6, 6.07) is 0. The summed E-state index contributed by atoms with van der Waals surface area (Å²) in [5.74, 6) is 0.201. The van der Waals surface area contributed by atoms with Crippen LogP contribution in [-0.4, -0.2) is 27.8 Å². The van der Waals surface area contributed by atoms with Gasteiger partial charge in [-0.15, -0.1) is 11.3 Å². The van der Waals surface area contributed by atoms with E-state index in [2.05, 4.69) is 15.2 Å². The lowest BCUT2D eigenvalue weighted by atomic mass is 10.3. The molecule has 17 heavy (non-hydrogen) atoms. The second-order valence-corrected chi connectivity index (χ2v) is 4.18. The van der Waals surface area contributed by atoms with Gasteiger partial charge >= 0.3 is 5.97 Å². The van der Waals surface area contributed by atoms with Gasteiger partial charge in [0.25, 0.3) is 0 Å². The zero-order valence-electron chi connectivity index (χ0n) is 9.27. The Labute approximate surface area is 102 Å². The van der Waals surface area contributed by atoms with Crippen LogP contribution in [0.15, 0.2) is 11.6 Å². The molecule has 0 aliphatic carbocycles. The van der Waals surface area contributed by atoms with Gasteiger partial charge in [-0.25, -0.2) is 4.98 Å². The van der Waals surface area contributed by atoms with Crippen LogP contribution in [0.25, 0.3) is 10.6 Å². The summed E-state index contributed by atoms with van der Waals surface area (Å²) in [4.78, 5) is 15.6. The Bertz CT molecular complexity index is 520. The average Bonchev–Trinajstić information content (AvgIpc) is 2.87. The molecule has 0 fully saturated rings. The highest BCUT2D eigenvalue weighted by molar-refractivity contribution is 7.13. The third-order valence-electron chi connectivity index (χ3n) is 2.08. The molecule has 7 heteroatoms. The van der Waals surface area contributed by atoms with Gasteiger partial charge < -0.3 is 10.5 Å². The van der Waals surface area contributed by atoms with Gasteiger partial charge in [-0.3, -0.25) is 9.89 Å². The number of thiazole rings is 1. The minimum absolute atomic E-state index is 0.183. The van der Waals surface area contributed by atoms with E-state index in [1.54, 1.807) is 13.1 Å². The number of rotatable bonds is 4. The summed E-state index contributed by atoms with van der Waals surface area (Å²) in [5, 5.41) is 9.03. The van der Waals surface area contributed by atoms with E-state index in [-0.39, 0.29) is 12.4 Å². The Morgan fingerprint density at radius 2 is 2.47 bits per heavy atom. The molecule has 0 saturated heterocycles. The van der Waals surface area contributed by atoms with Crippen molar-refractivity contribution in [2.75, 3.05) is 12.3 Å². The molecule has 2 aromatic heterocycles. The normalized spacial score (nSPS) is 10.4. The second-order valence-electron chi connectivity index (χ2n) is 3.32. The Kier molecular flexibility index (Phi) is 3.38. The molecular formula is C10H12N4O2S. The molecule has 2 heterocycles. The largest absolute Gasteiger partial charge is 0.466 e. The second kappa shape index (κ2) is 4.96. The van der Waals surface area contributed by atoms with Crippen LogP contribution in [0.1, 0.15) is 12.6 Å². The Hall–Kier alpha value is -1.89. The monoisotopic (exact) mass is 252 g/mol. The molecule has 0 saturated carbocycles. The number of anilines is 1. The van der Waals surface area contributed by atoms with E-state index in [1.807, 2.05) is 5.38 Å². The van der Waals surface area contributed by atoms with Gasteiger partial charge in [0.15, 0.2) is 0 Å². The van der Waals surface area contributed by atoms with Crippen molar-refractivity contribution in [2.24, 2.45) is 0 Å². The molecule has 2 rings (SSSR count). The van der Waals surface area contributed by atoms with Gasteiger partial charge in [0.2, 0.25) is 0 Å². The SMILES string of the molecule is CCOC(=O)Cc1csc(-c2cn[nH]c2N)n1. The van der Waals surface area contributed by atoms with E-state index in [0.717, 1.165) is 10.6 Å². The van der Waals surface area contributed by atoms with Crippen LogP contribution in [0.3, 0.4) is 0 Å². The van der Waals surface area contributed by atoms with Crippen molar-refractivity contribution in [3.63, 3.8) is 0 Å². The van der Waals surface area contributed by atoms with Crippen molar-refractivity contribution in [2.45, 2.75) is 13.3 Å². The zero-order valence-corrected chi connectivity index (χ0v) is 10.1. The summed E-state index contributed by atoms with van der Waals surface area (Å²) in [7, 11) is 0. The topological polar surface area (TPSA) is 93.9 Å². The predicted octanol–water partition coefficient (Wildman–Crippen LogP) is 1.22. The predicted molar refractivity (Wildman–Crippen MR) is 64.4 cm³/mol. The molecule has 0 aliphatic rings. The van der Waals surface area contributed by atoms with Crippen molar-refractivity contribution >= 4 is 23.1 Å². The van der Waals surface area contributed by atoms with Crippen LogP contribution >= 0.6 is 11.3 Å². The number of aromatic amines is 1. The fourth-order valence-corrected chi connectivity index (χ4v) is 2.18.